The number of thiophene rings is 1. The van der Waals surface area contributed by atoms with Crippen molar-refractivity contribution in [3.05, 3.63) is 51.7 Å². The van der Waals surface area contributed by atoms with Crippen LogP contribution in [0.4, 0.5) is 13.2 Å². The molecule has 0 bridgehead atoms. The van der Waals surface area contributed by atoms with E-state index in [2.05, 4.69) is 4.74 Å². The van der Waals surface area contributed by atoms with Crippen molar-refractivity contribution in [1.82, 2.24) is 0 Å². The van der Waals surface area contributed by atoms with Crippen LogP contribution in [0.25, 0.3) is 0 Å². The molecular weight excluding hydrogens is 289 g/mol. The lowest BCUT2D eigenvalue weighted by Gasteiger charge is -2.12. The molecule has 1 N–H and O–H groups in total. The topological polar surface area (TPSA) is 29.5 Å². The minimum atomic E-state index is -4.73. The predicted molar refractivity (Wildman–Crippen MR) is 70.9 cm³/mol. The standard InChI is InChI=1S/C14H13F3O2S/c1-2-11-6-7-12(20-11)13(18)9-4-3-5-10(8-9)19-14(15,16)17/h3-8,13,18H,2H2,1H3. The van der Waals surface area contributed by atoms with Gasteiger partial charge in [-0.05, 0) is 36.2 Å². The Morgan fingerprint density at radius 3 is 2.60 bits per heavy atom. The van der Waals surface area contributed by atoms with Crippen molar-refractivity contribution in [1.29, 1.82) is 0 Å². The van der Waals surface area contributed by atoms with E-state index in [9.17, 15) is 18.3 Å². The molecule has 0 spiro atoms. The first-order valence-electron chi connectivity index (χ1n) is 6.01. The number of aliphatic hydroxyl groups is 1. The molecule has 0 radical (unpaired) electrons. The Balaban J connectivity index is 2.21. The molecule has 2 aromatic rings. The first kappa shape index (κ1) is 14.9. The van der Waals surface area contributed by atoms with Crippen molar-refractivity contribution in [2.24, 2.45) is 0 Å². The fourth-order valence-electron chi connectivity index (χ4n) is 1.78. The molecule has 0 saturated heterocycles. The Kier molecular flexibility index (Phi) is 4.35. The van der Waals surface area contributed by atoms with Crippen molar-refractivity contribution in [2.75, 3.05) is 0 Å². The number of aryl methyl sites for hydroxylation is 1. The monoisotopic (exact) mass is 302 g/mol. The second-order valence-electron chi connectivity index (χ2n) is 4.18. The lowest BCUT2D eigenvalue weighted by atomic mass is 10.1. The second kappa shape index (κ2) is 5.85. The van der Waals surface area contributed by atoms with Gasteiger partial charge in [0.25, 0.3) is 0 Å². The highest BCUT2D eigenvalue weighted by Crippen LogP contribution is 2.31. The lowest BCUT2D eigenvalue weighted by molar-refractivity contribution is -0.274. The summed E-state index contributed by atoms with van der Waals surface area (Å²) in [5.41, 5.74) is 0.372. The molecule has 0 saturated carbocycles. The van der Waals surface area contributed by atoms with Crippen molar-refractivity contribution in [2.45, 2.75) is 25.8 Å². The molecule has 1 heterocycles. The minimum Gasteiger partial charge on any atom is -0.406 e. The van der Waals surface area contributed by atoms with E-state index in [1.807, 2.05) is 13.0 Å². The summed E-state index contributed by atoms with van der Waals surface area (Å²) >= 11 is 1.44. The summed E-state index contributed by atoms with van der Waals surface area (Å²) < 4.78 is 40.3. The highest BCUT2D eigenvalue weighted by molar-refractivity contribution is 7.12. The van der Waals surface area contributed by atoms with Gasteiger partial charge in [0.1, 0.15) is 11.9 Å². The molecule has 2 nitrogen and oxygen atoms in total. The molecular formula is C14H13F3O2S. The Morgan fingerprint density at radius 1 is 1.25 bits per heavy atom. The van der Waals surface area contributed by atoms with Gasteiger partial charge in [-0.2, -0.15) is 0 Å². The number of ether oxygens (including phenoxy) is 1. The molecule has 1 atom stereocenters. The molecule has 0 aliphatic rings. The largest absolute Gasteiger partial charge is 0.573 e. The molecule has 0 aliphatic carbocycles. The molecule has 0 aliphatic heterocycles. The molecule has 1 aromatic heterocycles. The second-order valence-corrected chi connectivity index (χ2v) is 5.38. The molecule has 2 rings (SSSR count). The van der Waals surface area contributed by atoms with E-state index in [1.165, 1.54) is 29.5 Å². The first-order chi connectivity index (χ1) is 9.39. The molecule has 108 valence electrons. The highest BCUT2D eigenvalue weighted by Gasteiger charge is 2.31. The zero-order valence-corrected chi connectivity index (χ0v) is 11.5. The summed E-state index contributed by atoms with van der Waals surface area (Å²) in [5.74, 6) is -0.332. The quantitative estimate of drug-likeness (QED) is 0.913. The summed E-state index contributed by atoms with van der Waals surface area (Å²) in [6.07, 6.45) is -4.83. The van der Waals surface area contributed by atoms with E-state index >= 15 is 0 Å². The number of rotatable bonds is 4. The Bertz CT molecular complexity index is 578. The normalized spacial score (nSPS) is 13.2. The third-order valence-corrected chi connectivity index (χ3v) is 3.99. The van der Waals surface area contributed by atoms with Crippen LogP contribution < -0.4 is 4.74 Å². The van der Waals surface area contributed by atoms with Crippen LogP contribution in [0.3, 0.4) is 0 Å². The molecule has 0 amide bonds. The van der Waals surface area contributed by atoms with Gasteiger partial charge in [-0.3, -0.25) is 0 Å². The summed E-state index contributed by atoms with van der Waals surface area (Å²) in [6.45, 7) is 2.00. The number of alkyl halides is 3. The van der Waals surface area contributed by atoms with Crippen molar-refractivity contribution in [3.8, 4) is 5.75 Å². The smallest absolute Gasteiger partial charge is 0.406 e. The van der Waals surface area contributed by atoms with E-state index < -0.39 is 12.5 Å². The zero-order valence-electron chi connectivity index (χ0n) is 10.6. The van der Waals surface area contributed by atoms with Gasteiger partial charge in [0.15, 0.2) is 0 Å². The van der Waals surface area contributed by atoms with E-state index in [0.29, 0.717) is 10.4 Å². The maximum atomic E-state index is 12.2. The average Bonchev–Trinajstić information content (AvgIpc) is 2.85. The van der Waals surface area contributed by atoms with Crippen molar-refractivity contribution >= 4 is 11.3 Å². The molecule has 6 heteroatoms. The maximum absolute atomic E-state index is 12.2. The van der Waals surface area contributed by atoms with Crippen LogP contribution in [-0.4, -0.2) is 11.5 Å². The summed E-state index contributed by atoms with van der Waals surface area (Å²) in [6, 6.07) is 9.08. The van der Waals surface area contributed by atoms with Gasteiger partial charge in [-0.15, -0.1) is 24.5 Å². The Hall–Kier alpha value is -1.53. The van der Waals surface area contributed by atoms with Crippen LogP contribution in [0.15, 0.2) is 36.4 Å². The number of hydrogen-bond acceptors (Lipinski definition) is 3. The van der Waals surface area contributed by atoms with Gasteiger partial charge in [-0.25, -0.2) is 0 Å². The molecule has 1 unspecified atom stereocenters. The minimum absolute atomic E-state index is 0.332. The lowest BCUT2D eigenvalue weighted by Crippen LogP contribution is -2.17. The van der Waals surface area contributed by atoms with E-state index in [4.69, 9.17) is 0 Å². The Labute approximate surface area is 118 Å². The number of hydrogen-bond donors (Lipinski definition) is 1. The van der Waals surface area contributed by atoms with Crippen LogP contribution in [0.1, 0.15) is 28.3 Å². The zero-order chi connectivity index (χ0) is 14.8. The molecule has 20 heavy (non-hydrogen) atoms. The average molecular weight is 302 g/mol. The van der Waals surface area contributed by atoms with Gasteiger partial charge in [0.2, 0.25) is 0 Å². The third-order valence-electron chi connectivity index (χ3n) is 2.71. The first-order valence-corrected chi connectivity index (χ1v) is 6.83. The van der Waals surface area contributed by atoms with Crippen LogP contribution in [0.5, 0.6) is 5.75 Å². The number of halogens is 3. The molecule has 0 fully saturated rings. The fraction of sp³-hybridized carbons (Fsp3) is 0.286. The van der Waals surface area contributed by atoms with Gasteiger partial charge in [0.05, 0.1) is 0 Å². The van der Waals surface area contributed by atoms with E-state index in [1.54, 1.807) is 12.1 Å². The fourth-order valence-corrected chi connectivity index (χ4v) is 2.74. The van der Waals surface area contributed by atoms with E-state index in [-0.39, 0.29) is 5.75 Å². The number of aliphatic hydroxyl groups excluding tert-OH is 1. The van der Waals surface area contributed by atoms with Crippen LogP contribution in [0.2, 0.25) is 0 Å². The number of benzene rings is 1. The van der Waals surface area contributed by atoms with Gasteiger partial charge in [-0.1, -0.05) is 19.1 Å². The Morgan fingerprint density at radius 2 is 2.00 bits per heavy atom. The van der Waals surface area contributed by atoms with Crippen LogP contribution in [0, 0.1) is 0 Å². The summed E-state index contributed by atoms with van der Waals surface area (Å²) in [5, 5.41) is 10.2. The summed E-state index contributed by atoms with van der Waals surface area (Å²) in [4.78, 5) is 1.81. The van der Waals surface area contributed by atoms with Gasteiger partial charge < -0.3 is 9.84 Å². The highest BCUT2D eigenvalue weighted by atomic mass is 32.1. The van der Waals surface area contributed by atoms with Gasteiger partial charge >= 0.3 is 6.36 Å². The van der Waals surface area contributed by atoms with Gasteiger partial charge in [0, 0.05) is 9.75 Å². The predicted octanol–water partition coefficient (Wildman–Crippen LogP) is 4.29. The van der Waals surface area contributed by atoms with E-state index in [0.717, 1.165) is 11.3 Å². The van der Waals surface area contributed by atoms with Crippen LogP contribution >= 0.6 is 11.3 Å². The summed E-state index contributed by atoms with van der Waals surface area (Å²) in [7, 11) is 0. The SMILES string of the molecule is CCc1ccc(C(O)c2cccc(OC(F)(F)F)c2)s1. The molecule has 1 aromatic carbocycles. The third kappa shape index (κ3) is 3.74. The maximum Gasteiger partial charge on any atom is 0.573 e. The van der Waals surface area contributed by atoms with Crippen molar-refractivity contribution in [3.63, 3.8) is 0 Å². The van der Waals surface area contributed by atoms with Crippen molar-refractivity contribution < 1.29 is 23.0 Å². The van der Waals surface area contributed by atoms with Crippen LogP contribution in [-0.2, 0) is 6.42 Å².